The van der Waals surface area contributed by atoms with Gasteiger partial charge < -0.3 is 9.84 Å². The van der Waals surface area contributed by atoms with Crippen LogP contribution >= 0.6 is 0 Å². The summed E-state index contributed by atoms with van der Waals surface area (Å²) in [6.45, 7) is 2.20. The first-order valence-corrected chi connectivity index (χ1v) is 7.95. The van der Waals surface area contributed by atoms with Crippen molar-refractivity contribution in [2.24, 2.45) is 0 Å². The van der Waals surface area contributed by atoms with E-state index in [0.717, 1.165) is 51.4 Å². The zero-order valence-corrected chi connectivity index (χ0v) is 12.8. The number of ether oxygens (including phenoxy) is 1. The van der Waals surface area contributed by atoms with Gasteiger partial charge in [-0.25, -0.2) is 0 Å². The van der Waals surface area contributed by atoms with Crippen LogP contribution in [-0.4, -0.2) is 24.3 Å². The smallest absolute Gasteiger partial charge is 0.305 e. The maximum Gasteiger partial charge on any atom is 0.305 e. The summed E-state index contributed by atoms with van der Waals surface area (Å²) in [5.74, 6) is -0.109. The monoisotopic (exact) mass is 272 g/mol. The first-order valence-electron chi connectivity index (χ1n) is 7.95. The van der Waals surface area contributed by atoms with Crippen LogP contribution in [0.25, 0.3) is 0 Å². The van der Waals surface area contributed by atoms with Gasteiger partial charge in [0.05, 0.1) is 13.2 Å². The van der Waals surface area contributed by atoms with Crippen molar-refractivity contribution in [1.82, 2.24) is 0 Å². The van der Waals surface area contributed by atoms with Gasteiger partial charge in [-0.05, 0) is 19.3 Å². The van der Waals surface area contributed by atoms with Gasteiger partial charge in [0.1, 0.15) is 0 Å². The molecule has 1 unspecified atom stereocenters. The average molecular weight is 272 g/mol. The summed E-state index contributed by atoms with van der Waals surface area (Å²) in [6.07, 6.45) is 12.7. The Morgan fingerprint density at radius 3 is 2.05 bits per heavy atom. The van der Waals surface area contributed by atoms with Crippen molar-refractivity contribution < 1.29 is 14.6 Å². The number of esters is 1. The third kappa shape index (κ3) is 13.7. The average Bonchev–Trinajstić information content (AvgIpc) is 2.42. The lowest BCUT2D eigenvalue weighted by molar-refractivity contribution is -0.140. The van der Waals surface area contributed by atoms with E-state index in [-0.39, 0.29) is 12.1 Å². The molecule has 0 aliphatic heterocycles. The highest BCUT2D eigenvalue weighted by atomic mass is 16.5. The molecule has 3 heteroatoms. The minimum absolute atomic E-state index is 0.105. The highest BCUT2D eigenvalue weighted by molar-refractivity contribution is 5.68. The highest BCUT2D eigenvalue weighted by Gasteiger charge is 2.04. The molecule has 0 aromatic heterocycles. The van der Waals surface area contributed by atoms with Gasteiger partial charge >= 0.3 is 5.97 Å². The Kier molecular flexibility index (Phi) is 13.4. The maximum absolute atomic E-state index is 10.9. The minimum atomic E-state index is -0.109. The molecular weight excluding hydrogens is 240 g/mol. The second kappa shape index (κ2) is 13.9. The Hall–Kier alpha value is -0.570. The molecule has 0 rings (SSSR count). The number of hydrogen-bond donors (Lipinski definition) is 1. The van der Waals surface area contributed by atoms with Crippen LogP contribution in [0, 0.1) is 0 Å². The third-order valence-corrected chi connectivity index (χ3v) is 3.54. The van der Waals surface area contributed by atoms with E-state index in [1.54, 1.807) is 0 Å². The standard InChI is InChI=1S/C16H32O3/c1-3-4-5-9-12-15(17)13-10-7-6-8-11-14-16(18)19-2/h15,17H,3-14H2,1-2H3. The van der Waals surface area contributed by atoms with E-state index in [9.17, 15) is 9.90 Å². The molecule has 0 aliphatic carbocycles. The van der Waals surface area contributed by atoms with Gasteiger partial charge in [-0.2, -0.15) is 0 Å². The molecule has 1 atom stereocenters. The summed E-state index contributed by atoms with van der Waals surface area (Å²) < 4.78 is 4.59. The van der Waals surface area contributed by atoms with E-state index in [2.05, 4.69) is 11.7 Å². The van der Waals surface area contributed by atoms with Gasteiger partial charge in [0.25, 0.3) is 0 Å². The quantitative estimate of drug-likeness (QED) is 0.403. The van der Waals surface area contributed by atoms with E-state index in [0.29, 0.717) is 6.42 Å². The van der Waals surface area contributed by atoms with Gasteiger partial charge in [0.2, 0.25) is 0 Å². The summed E-state index contributed by atoms with van der Waals surface area (Å²) in [7, 11) is 1.43. The summed E-state index contributed by atoms with van der Waals surface area (Å²) in [4.78, 5) is 10.9. The lowest BCUT2D eigenvalue weighted by atomic mass is 10.0. The third-order valence-electron chi connectivity index (χ3n) is 3.54. The molecule has 0 aromatic rings. The van der Waals surface area contributed by atoms with Crippen LogP contribution in [-0.2, 0) is 9.53 Å². The molecule has 19 heavy (non-hydrogen) atoms. The molecule has 0 heterocycles. The van der Waals surface area contributed by atoms with Gasteiger partial charge in [0, 0.05) is 6.42 Å². The Morgan fingerprint density at radius 2 is 1.47 bits per heavy atom. The van der Waals surface area contributed by atoms with Crippen LogP contribution in [0.4, 0.5) is 0 Å². The lowest BCUT2D eigenvalue weighted by Gasteiger charge is -2.09. The van der Waals surface area contributed by atoms with Gasteiger partial charge in [-0.15, -0.1) is 0 Å². The molecule has 0 saturated heterocycles. The molecule has 0 radical (unpaired) electrons. The summed E-state index contributed by atoms with van der Waals surface area (Å²) in [5.41, 5.74) is 0. The molecular formula is C16H32O3. The topological polar surface area (TPSA) is 46.5 Å². The molecule has 0 aliphatic rings. The number of methoxy groups -OCH3 is 1. The molecule has 3 nitrogen and oxygen atoms in total. The number of aliphatic hydroxyl groups excluding tert-OH is 1. The molecule has 0 amide bonds. The fraction of sp³-hybridized carbons (Fsp3) is 0.938. The Balaban J connectivity index is 3.18. The predicted octanol–water partition coefficient (Wildman–Crippen LogP) is 4.22. The lowest BCUT2D eigenvalue weighted by Crippen LogP contribution is -2.05. The maximum atomic E-state index is 10.9. The molecule has 0 saturated carbocycles. The van der Waals surface area contributed by atoms with Crippen molar-refractivity contribution in [2.45, 2.75) is 90.1 Å². The van der Waals surface area contributed by atoms with Crippen molar-refractivity contribution in [2.75, 3.05) is 7.11 Å². The van der Waals surface area contributed by atoms with Crippen LogP contribution in [0.3, 0.4) is 0 Å². The number of carbonyl (C=O) groups excluding carboxylic acids is 1. The van der Waals surface area contributed by atoms with Crippen molar-refractivity contribution in [3.8, 4) is 0 Å². The fourth-order valence-electron chi connectivity index (χ4n) is 2.23. The van der Waals surface area contributed by atoms with E-state index in [1.807, 2.05) is 0 Å². The Bertz CT molecular complexity index is 204. The van der Waals surface area contributed by atoms with Crippen molar-refractivity contribution in [1.29, 1.82) is 0 Å². The summed E-state index contributed by atoms with van der Waals surface area (Å²) >= 11 is 0. The first-order chi connectivity index (χ1) is 9.20. The normalized spacial score (nSPS) is 12.4. The predicted molar refractivity (Wildman–Crippen MR) is 79.1 cm³/mol. The summed E-state index contributed by atoms with van der Waals surface area (Å²) in [5, 5.41) is 9.79. The minimum Gasteiger partial charge on any atom is -0.469 e. The van der Waals surface area contributed by atoms with Crippen molar-refractivity contribution >= 4 is 5.97 Å². The SMILES string of the molecule is CCCCCCC(O)CCCCCCCC(=O)OC. The number of unbranched alkanes of at least 4 members (excludes halogenated alkanes) is 7. The van der Waals surface area contributed by atoms with E-state index in [1.165, 1.54) is 26.4 Å². The van der Waals surface area contributed by atoms with Crippen LogP contribution < -0.4 is 0 Å². The first kappa shape index (κ1) is 18.4. The van der Waals surface area contributed by atoms with Crippen LogP contribution in [0.15, 0.2) is 0 Å². The molecule has 0 fully saturated rings. The van der Waals surface area contributed by atoms with Crippen LogP contribution in [0.2, 0.25) is 0 Å². The number of hydrogen-bond acceptors (Lipinski definition) is 3. The van der Waals surface area contributed by atoms with Crippen molar-refractivity contribution in [3.05, 3.63) is 0 Å². The van der Waals surface area contributed by atoms with Crippen LogP contribution in [0.1, 0.15) is 84.0 Å². The molecule has 0 spiro atoms. The van der Waals surface area contributed by atoms with E-state index >= 15 is 0 Å². The zero-order chi connectivity index (χ0) is 14.3. The van der Waals surface area contributed by atoms with Crippen LogP contribution in [0.5, 0.6) is 0 Å². The molecule has 1 N–H and O–H groups in total. The molecule has 114 valence electrons. The van der Waals surface area contributed by atoms with E-state index < -0.39 is 0 Å². The van der Waals surface area contributed by atoms with E-state index in [4.69, 9.17) is 0 Å². The number of carbonyl (C=O) groups is 1. The van der Waals surface area contributed by atoms with Gasteiger partial charge in [-0.1, -0.05) is 58.3 Å². The fourth-order valence-corrected chi connectivity index (χ4v) is 2.23. The number of rotatable bonds is 13. The Morgan fingerprint density at radius 1 is 0.947 bits per heavy atom. The molecule has 0 bridgehead atoms. The highest BCUT2D eigenvalue weighted by Crippen LogP contribution is 2.13. The second-order valence-corrected chi connectivity index (χ2v) is 5.39. The van der Waals surface area contributed by atoms with Crippen molar-refractivity contribution in [3.63, 3.8) is 0 Å². The second-order valence-electron chi connectivity index (χ2n) is 5.39. The Labute approximate surface area is 118 Å². The summed E-state index contributed by atoms with van der Waals surface area (Å²) in [6, 6.07) is 0. The van der Waals surface area contributed by atoms with Gasteiger partial charge in [-0.3, -0.25) is 4.79 Å². The molecule has 0 aromatic carbocycles. The van der Waals surface area contributed by atoms with Gasteiger partial charge in [0.15, 0.2) is 0 Å². The largest absolute Gasteiger partial charge is 0.469 e. The zero-order valence-electron chi connectivity index (χ0n) is 12.8. The number of aliphatic hydroxyl groups is 1.